The molecule has 0 spiro atoms. The minimum absolute atomic E-state index is 0.0455. The maximum absolute atomic E-state index is 12.0. The lowest BCUT2D eigenvalue weighted by atomic mass is 10.1. The lowest BCUT2D eigenvalue weighted by Gasteiger charge is -2.21. The molecule has 1 aromatic heterocycles. The van der Waals surface area contributed by atoms with Crippen molar-refractivity contribution in [1.82, 2.24) is 9.78 Å². The van der Waals surface area contributed by atoms with Crippen LogP contribution in [0.4, 0.5) is 0 Å². The molecule has 100 valence electrons. The first-order chi connectivity index (χ1) is 8.70. The number of hydrogen-bond donors (Lipinski definition) is 0. The average Bonchev–Trinajstić information content (AvgIpc) is 2.87. The molecule has 1 aromatic rings. The lowest BCUT2D eigenvalue weighted by molar-refractivity contribution is -0.144. The van der Waals surface area contributed by atoms with Gasteiger partial charge in [0, 0.05) is 12.2 Å². The number of aromatic nitrogens is 2. The monoisotopic (exact) mass is 252 g/mol. The van der Waals surface area contributed by atoms with Crippen LogP contribution < -0.4 is 0 Å². The van der Waals surface area contributed by atoms with Crippen LogP contribution in [0.2, 0.25) is 0 Å². The number of carbonyl (C=O) groups is 1. The highest BCUT2D eigenvalue weighted by molar-refractivity contribution is 5.85. The largest absolute Gasteiger partial charge is 0.376 e. The Kier molecular flexibility index (Phi) is 4.49. The SMILES string of the molecule is CCC(C)n1ccc(CC(=O)C2COCCO2)n1. The van der Waals surface area contributed by atoms with Crippen LogP contribution in [0.5, 0.6) is 0 Å². The van der Waals surface area contributed by atoms with Crippen LogP contribution in [-0.2, 0) is 20.7 Å². The van der Waals surface area contributed by atoms with Gasteiger partial charge >= 0.3 is 0 Å². The highest BCUT2D eigenvalue weighted by atomic mass is 16.6. The molecule has 2 atom stereocenters. The predicted octanol–water partition coefficient (Wildman–Crippen LogP) is 1.38. The Balaban J connectivity index is 1.92. The van der Waals surface area contributed by atoms with Crippen LogP contribution in [0.1, 0.15) is 32.0 Å². The van der Waals surface area contributed by atoms with Crippen molar-refractivity contribution in [3.05, 3.63) is 18.0 Å². The molecule has 5 heteroatoms. The van der Waals surface area contributed by atoms with Gasteiger partial charge in [0.2, 0.25) is 0 Å². The Morgan fingerprint density at radius 3 is 3.11 bits per heavy atom. The first-order valence-corrected chi connectivity index (χ1v) is 6.46. The summed E-state index contributed by atoms with van der Waals surface area (Å²) < 4.78 is 12.5. The van der Waals surface area contributed by atoms with Crippen molar-refractivity contribution in [3.63, 3.8) is 0 Å². The van der Waals surface area contributed by atoms with E-state index in [2.05, 4.69) is 18.9 Å². The van der Waals surface area contributed by atoms with Crippen molar-refractivity contribution in [3.8, 4) is 0 Å². The van der Waals surface area contributed by atoms with Crippen molar-refractivity contribution < 1.29 is 14.3 Å². The van der Waals surface area contributed by atoms with Gasteiger partial charge < -0.3 is 9.47 Å². The molecule has 2 unspecified atom stereocenters. The third-order valence-corrected chi connectivity index (χ3v) is 3.24. The van der Waals surface area contributed by atoms with Crippen LogP contribution in [0, 0.1) is 0 Å². The van der Waals surface area contributed by atoms with E-state index < -0.39 is 6.10 Å². The number of ether oxygens (including phenoxy) is 2. The lowest BCUT2D eigenvalue weighted by Crippen LogP contribution is -2.36. The summed E-state index contributed by atoms with van der Waals surface area (Å²) in [6.45, 7) is 5.66. The van der Waals surface area contributed by atoms with Crippen molar-refractivity contribution in [2.45, 2.75) is 38.8 Å². The Labute approximate surface area is 107 Å². The fourth-order valence-corrected chi connectivity index (χ4v) is 1.87. The van der Waals surface area contributed by atoms with Crippen molar-refractivity contribution >= 4 is 5.78 Å². The summed E-state index contributed by atoms with van der Waals surface area (Å²) in [7, 11) is 0. The molecule has 1 fully saturated rings. The first-order valence-electron chi connectivity index (χ1n) is 6.46. The summed E-state index contributed by atoms with van der Waals surface area (Å²) in [6, 6.07) is 2.26. The Morgan fingerprint density at radius 2 is 2.44 bits per heavy atom. The van der Waals surface area contributed by atoms with Gasteiger partial charge in [-0.05, 0) is 19.4 Å². The Hall–Kier alpha value is -1.20. The van der Waals surface area contributed by atoms with E-state index in [1.165, 1.54) is 0 Å². The van der Waals surface area contributed by atoms with E-state index in [0.29, 0.717) is 32.3 Å². The van der Waals surface area contributed by atoms with Crippen LogP contribution in [0.25, 0.3) is 0 Å². The van der Waals surface area contributed by atoms with Crippen LogP contribution in [0.3, 0.4) is 0 Å². The predicted molar refractivity (Wildman–Crippen MR) is 66.5 cm³/mol. The zero-order chi connectivity index (χ0) is 13.0. The first kappa shape index (κ1) is 13.2. The second kappa shape index (κ2) is 6.11. The van der Waals surface area contributed by atoms with Gasteiger partial charge in [0.15, 0.2) is 5.78 Å². The highest BCUT2D eigenvalue weighted by Crippen LogP contribution is 2.11. The van der Waals surface area contributed by atoms with Crippen molar-refractivity contribution in [1.29, 1.82) is 0 Å². The van der Waals surface area contributed by atoms with Gasteiger partial charge in [0.05, 0.1) is 31.9 Å². The summed E-state index contributed by atoms with van der Waals surface area (Å²) in [4.78, 5) is 12.0. The minimum Gasteiger partial charge on any atom is -0.376 e. The van der Waals surface area contributed by atoms with E-state index in [9.17, 15) is 4.79 Å². The second-order valence-electron chi connectivity index (χ2n) is 4.62. The number of nitrogens with zero attached hydrogens (tertiary/aromatic N) is 2. The summed E-state index contributed by atoms with van der Waals surface area (Å²) in [5, 5.41) is 4.42. The fraction of sp³-hybridized carbons (Fsp3) is 0.692. The zero-order valence-electron chi connectivity index (χ0n) is 11.0. The smallest absolute Gasteiger partial charge is 0.169 e. The number of rotatable bonds is 5. The van der Waals surface area contributed by atoms with E-state index in [0.717, 1.165) is 12.1 Å². The van der Waals surface area contributed by atoms with Gasteiger partial charge in [-0.15, -0.1) is 0 Å². The standard InChI is InChI=1S/C13H20N2O3/c1-3-10(2)15-5-4-11(14-15)8-12(16)13-9-17-6-7-18-13/h4-5,10,13H,3,6-9H2,1-2H3. The van der Waals surface area contributed by atoms with Crippen molar-refractivity contribution in [2.75, 3.05) is 19.8 Å². The fourth-order valence-electron chi connectivity index (χ4n) is 1.87. The third-order valence-electron chi connectivity index (χ3n) is 3.24. The van der Waals surface area contributed by atoms with E-state index in [1.807, 2.05) is 16.9 Å². The normalized spacial score (nSPS) is 21.8. The van der Waals surface area contributed by atoms with Gasteiger partial charge in [-0.1, -0.05) is 6.92 Å². The summed E-state index contributed by atoms with van der Waals surface area (Å²) in [5.41, 5.74) is 0.800. The molecule has 1 aliphatic rings. The Morgan fingerprint density at radius 1 is 1.61 bits per heavy atom. The molecular weight excluding hydrogens is 232 g/mol. The van der Waals surface area contributed by atoms with Gasteiger partial charge in [-0.25, -0.2) is 0 Å². The molecular formula is C13H20N2O3. The summed E-state index contributed by atoms with van der Waals surface area (Å²) >= 11 is 0. The molecule has 5 nitrogen and oxygen atoms in total. The van der Waals surface area contributed by atoms with Gasteiger partial charge in [-0.3, -0.25) is 9.48 Å². The van der Waals surface area contributed by atoms with Crippen molar-refractivity contribution in [2.24, 2.45) is 0 Å². The molecule has 0 aromatic carbocycles. The zero-order valence-corrected chi connectivity index (χ0v) is 11.0. The van der Waals surface area contributed by atoms with Gasteiger partial charge in [-0.2, -0.15) is 5.10 Å². The van der Waals surface area contributed by atoms with E-state index in [4.69, 9.17) is 9.47 Å². The number of carbonyl (C=O) groups excluding carboxylic acids is 1. The summed E-state index contributed by atoms with van der Waals surface area (Å²) in [5.74, 6) is 0.0455. The third kappa shape index (κ3) is 3.17. The number of Topliss-reactive ketones (excluding diaryl/α,β-unsaturated/α-hetero) is 1. The van der Waals surface area contributed by atoms with Crippen LogP contribution in [-0.4, -0.2) is 41.5 Å². The van der Waals surface area contributed by atoms with Crippen LogP contribution in [0.15, 0.2) is 12.3 Å². The van der Waals surface area contributed by atoms with Gasteiger partial charge in [0.1, 0.15) is 6.10 Å². The summed E-state index contributed by atoms with van der Waals surface area (Å²) in [6.07, 6.45) is 2.84. The molecule has 0 radical (unpaired) electrons. The molecule has 1 aliphatic heterocycles. The number of hydrogen-bond acceptors (Lipinski definition) is 4. The molecule has 18 heavy (non-hydrogen) atoms. The number of ketones is 1. The quantitative estimate of drug-likeness (QED) is 0.794. The van der Waals surface area contributed by atoms with Gasteiger partial charge in [0.25, 0.3) is 0 Å². The van der Waals surface area contributed by atoms with Crippen LogP contribution >= 0.6 is 0 Å². The molecule has 0 saturated carbocycles. The molecule has 2 heterocycles. The van der Waals surface area contributed by atoms with E-state index in [-0.39, 0.29) is 5.78 Å². The van der Waals surface area contributed by atoms with E-state index >= 15 is 0 Å². The average molecular weight is 252 g/mol. The maximum Gasteiger partial charge on any atom is 0.169 e. The molecule has 0 amide bonds. The molecule has 0 bridgehead atoms. The minimum atomic E-state index is -0.424. The Bertz CT molecular complexity index is 397. The topological polar surface area (TPSA) is 53.4 Å². The van der Waals surface area contributed by atoms with E-state index in [1.54, 1.807) is 0 Å². The molecule has 0 N–H and O–H groups in total. The second-order valence-corrected chi connectivity index (χ2v) is 4.62. The molecule has 0 aliphatic carbocycles. The molecule has 1 saturated heterocycles. The molecule has 2 rings (SSSR count). The maximum atomic E-state index is 12.0. The highest BCUT2D eigenvalue weighted by Gasteiger charge is 2.23.